The summed E-state index contributed by atoms with van der Waals surface area (Å²) in [4.78, 5) is 23.4. The van der Waals surface area contributed by atoms with Crippen molar-refractivity contribution in [3.05, 3.63) is 12.2 Å². The van der Waals surface area contributed by atoms with E-state index in [1.165, 1.54) is 366 Å². The number of nitrogens with zero attached hydrogens (tertiary/aromatic N) is 1. The van der Waals surface area contributed by atoms with E-state index in [1.54, 1.807) is 6.08 Å². The minimum atomic E-state index is -4.35. The van der Waals surface area contributed by atoms with Crippen molar-refractivity contribution in [3.8, 4) is 0 Å². The average molecular weight is 1220 g/mol. The van der Waals surface area contributed by atoms with Gasteiger partial charge in [-0.2, -0.15) is 0 Å². The number of phosphoric acid groups is 1. The average Bonchev–Trinajstić information content (AvgIpc) is 3.52. The normalized spacial score (nSPS) is 13.5. The van der Waals surface area contributed by atoms with Crippen LogP contribution in [0.15, 0.2) is 12.2 Å². The molecule has 3 N–H and O–H groups in total. The molecular weight excluding hydrogens is 1070 g/mol. The second-order valence-corrected chi connectivity index (χ2v) is 29.6. The van der Waals surface area contributed by atoms with Crippen LogP contribution in [0.2, 0.25) is 0 Å². The minimum Gasteiger partial charge on any atom is -0.387 e. The zero-order valence-corrected chi connectivity index (χ0v) is 59.3. The van der Waals surface area contributed by atoms with Crippen molar-refractivity contribution in [2.75, 3.05) is 40.9 Å². The number of likely N-dealkylation sites (N-methyl/N-ethyl adjacent to an activating group) is 1. The minimum absolute atomic E-state index is 0.0655. The molecule has 0 saturated heterocycles. The van der Waals surface area contributed by atoms with Gasteiger partial charge in [0.2, 0.25) is 5.91 Å². The van der Waals surface area contributed by atoms with Gasteiger partial charge in [-0.25, -0.2) is 4.57 Å². The molecule has 0 saturated carbocycles. The summed E-state index contributed by atoms with van der Waals surface area (Å²) in [5.74, 6) is -0.166. The van der Waals surface area contributed by atoms with Crippen LogP contribution in [-0.4, -0.2) is 73.4 Å². The number of hydrogen-bond acceptors (Lipinski definition) is 5. The number of rotatable bonds is 73. The van der Waals surface area contributed by atoms with E-state index in [4.69, 9.17) is 9.05 Å². The Bertz CT molecular complexity index is 1390. The highest BCUT2D eigenvalue weighted by atomic mass is 31.2. The van der Waals surface area contributed by atoms with Gasteiger partial charge in [-0.05, 0) is 19.3 Å². The molecule has 0 rings (SSSR count). The van der Waals surface area contributed by atoms with Crippen LogP contribution < -0.4 is 5.32 Å². The van der Waals surface area contributed by atoms with Gasteiger partial charge in [-0.3, -0.25) is 13.8 Å². The number of carbonyl (C=O) groups is 1. The zero-order chi connectivity index (χ0) is 61.9. The molecule has 0 heterocycles. The molecular formula is C76H154N2O6P+. The number of aliphatic hydroxyl groups excluding tert-OH is 1. The van der Waals surface area contributed by atoms with Crippen LogP contribution >= 0.6 is 7.82 Å². The van der Waals surface area contributed by atoms with Crippen LogP contribution in [0.5, 0.6) is 0 Å². The summed E-state index contributed by atoms with van der Waals surface area (Å²) in [6.07, 6.45) is 88.3. The number of aliphatic hydroxyl groups is 1. The van der Waals surface area contributed by atoms with Crippen molar-refractivity contribution in [1.82, 2.24) is 5.32 Å². The number of allylic oxidation sites excluding steroid dienone is 1. The molecule has 0 aliphatic rings. The summed E-state index contributed by atoms with van der Waals surface area (Å²) in [7, 11) is 1.60. The maximum atomic E-state index is 13.1. The Morgan fingerprint density at radius 2 is 0.624 bits per heavy atom. The molecule has 0 aromatic rings. The van der Waals surface area contributed by atoms with E-state index < -0.39 is 20.0 Å². The van der Waals surface area contributed by atoms with Crippen molar-refractivity contribution in [2.45, 2.75) is 431 Å². The van der Waals surface area contributed by atoms with E-state index in [9.17, 15) is 19.4 Å². The third kappa shape index (κ3) is 70.6. The van der Waals surface area contributed by atoms with Gasteiger partial charge in [-0.1, -0.05) is 405 Å². The predicted octanol–water partition coefficient (Wildman–Crippen LogP) is 24.8. The topological polar surface area (TPSA) is 105 Å². The van der Waals surface area contributed by atoms with Crippen LogP contribution in [0.4, 0.5) is 0 Å². The Morgan fingerprint density at radius 3 is 0.871 bits per heavy atom. The summed E-state index contributed by atoms with van der Waals surface area (Å²) in [6.45, 7) is 4.89. The third-order valence-corrected chi connectivity index (χ3v) is 19.2. The molecule has 0 bridgehead atoms. The second kappa shape index (κ2) is 67.6. The first-order valence-corrected chi connectivity index (χ1v) is 40.1. The van der Waals surface area contributed by atoms with Crippen molar-refractivity contribution in [3.63, 3.8) is 0 Å². The number of carbonyl (C=O) groups excluding carboxylic acids is 1. The van der Waals surface area contributed by atoms with Crippen molar-refractivity contribution < 1.29 is 32.9 Å². The molecule has 0 aromatic carbocycles. The number of unbranched alkanes of at least 4 members (excludes halogenated alkanes) is 60. The molecule has 8 nitrogen and oxygen atoms in total. The van der Waals surface area contributed by atoms with Crippen molar-refractivity contribution in [1.29, 1.82) is 0 Å². The lowest BCUT2D eigenvalue weighted by molar-refractivity contribution is -0.870. The number of phosphoric ester groups is 1. The predicted molar refractivity (Wildman–Crippen MR) is 374 cm³/mol. The lowest BCUT2D eigenvalue weighted by Gasteiger charge is -2.25. The number of quaternary nitrogens is 1. The van der Waals surface area contributed by atoms with E-state index in [-0.39, 0.29) is 19.1 Å². The lowest BCUT2D eigenvalue weighted by Crippen LogP contribution is -2.45. The smallest absolute Gasteiger partial charge is 0.387 e. The van der Waals surface area contributed by atoms with Gasteiger partial charge in [0, 0.05) is 6.42 Å². The maximum absolute atomic E-state index is 13.1. The van der Waals surface area contributed by atoms with E-state index >= 15 is 0 Å². The summed E-state index contributed by atoms with van der Waals surface area (Å²) in [6, 6.07) is -0.844. The summed E-state index contributed by atoms with van der Waals surface area (Å²) in [5, 5.41) is 14.0. The summed E-state index contributed by atoms with van der Waals surface area (Å²) < 4.78 is 23.8. The standard InChI is InChI=1S/C76H153N2O6P/c1-6-8-10-12-14-16-18-20-22-24-26-28-30-31-32-33-34-35-36-37-38-39-40-41-42-43-44-45-46-47-48-50-52-54-56-58-60-62-64-66-68-70-76(80)77-74(73-84-85(81,82)83-72-71-78(3,4)5)75(79)69-67-65-63-61-59-57-55-53-51-49-29-27-25-23-21-19-17-15-13-11-9-7-2/h67,69,74-75,79H,6-66,68,70-73H2,1-5H3,(H-,77,80,81,82)/p+1/b69-67+. The van der Waals surface area contributed by atoms with Gasteiger partial charge in [0.05, 0.1) is 39.9 Å². The first-order valence-electron chi connectivity index (χ1n) is 38.6. The van der Waals surface area contributed by atoms with E-state index in [0.717, 1.165) is 32.1 Å². The fourth-order valence-electron chi connectivity index (χ4n) is 12.3. The first kappa shape index (κ1) is 84.2. The van der Waals surface area contributed by atoms with Gasteiger partial charge in [-0.15, -0.1) is 0 Å². The Labute approximate surface area is 532 Å². The molecule has 1 amide bonds. The second-order valence-electron chi connectivity index (χ2n) is 28.1. The van der Waals surface area contributed by atoms with Crippen molar-refractivity contribution in [2.24, 2.45) is 0 Å². The molecule has 0 aliphatic heterocycles. The van der Waals surface area contributed by atoms with Gasteiger partial charge < -0.3 is 19.8 Å². The highest BCUT2D eigenvalue weighted by Crippen LogP contribution is 2.43. The van der Waals surface area contributed by atoms with Gasteiger partial charge >= 0.3 is 7.82 Å². The summed E-state index contributed by atoms with van der Waals surface area (Å²) >= 11 is 0. The quantitative estimate of drug-likeness (QED) is 0.0243. The molecule has 0 aromatic heterocycles. The summed E-state index contributed by atoms with van der Waals surface area (Å²) in [5.41, 5.74) is 0. The lowest BCUT2D eigenvalue weighted by atomic mass is 10.0. The molecule has 0 aliphatic carbocycles. The van der Waals surface area contributed by atoms with Gasteiger partial charge in [0.1, 0.15) is 13.2 Å². The Kier molecular flexibility index (Phi) is 67.0. The fourth-order valence-corrected chi connectivity index (χ4v) is 13.0. The van der Waals surface area contributed by atoms with E-state index in [0.29, 0.717) is 17.4 Å². The maximum Gasteiger partial charge on any atom is 0.472 e. The van der Waals surface area contributed by atoms with Crippen LogP contribution in [0, 0.1) is 0 Å². The van der Waals surface area contributed by atoms with Crippen LogP contribution in [-0.2, 0) is 18.4 Å². The largest absolute Gasteiger partial charge is 0.472 e. The molecule has 85 heavy (non-hydrogen) atoms. The molecule has 0 spiro atoms. The number of hydrogen-bond donors (Lipinski definition) is 3. The Balaban J connectivity index is 3.86. The van der Waals surface area contributed by atoms with E-state index in [2.05, 4.69) is 19.2 Å². The van der Waals surface area contributed by atoms with E-state index in [1.807, 2.05) is 27.2 Å². The monoisotopic (exact) mass is 1220 g/mol. The zero-order valence-electron chi connectivity index (χ0n) is 58.4. The molecule has 508 valence electrons. The fraction of sp³-hybridized carbons (Fsp3) is 0.961. The molecule has 3 atom stereocenters. The SMILES string of the molecule is CCCCCCCCCCCCCCCCCCCCCC/C=C/C(O)C(COP(=O)(O)OCC[N+](C)(C)C)NC(=O)CCCCCCCCCCCCCCCCCCCCCCCCCCCCCCCCCCCCCCCCCCC. The highest BCUT2D eigenvalue weighted by Gasteiger charge is 2.28. The number of nitrogens with one attached hydrogen (secondary N) is 1. The van der Waals surface area contributed by atoms with Crippen LogP contribution in [0.1, 0.15) is 418 Å². The molecule has 3 unspecified atom stereocenters. The first-order chi connectivity index (χ1) is 41.5. The van der Waals surface area contributed by atoms with Gasteiger partial charge in [0.15, 0.2) is 0 Å². The van der Waals surface area contributed by atoms with Crippen LogP contribution in [0.25, 0.3) is 0 Å². The van der Waals surface area contributed by atoms with Crippen molar-refractivity contribution >= 4 is 13.7 Å². The van der Waals surface area contributed by atoms with Crippen LogP contribution in [0.3, 0.4) is 0 Å². The van der Waals surface area contributed by atoms with Gasteiger partial charge in [0.25, 0.3) is 0 Å². The Morgan fingerprint density at radius 1 is 0.388 bits per heavy atom. The highest BCUT2D eigenvalue weighted by molar-refractivity contribution is 7.47. The number of amides is 1. The molecule has 0 fully saturated rings. The molecule has 9 heteroatoms. The Hall–Kier alpha value is -0.760. The third-order valence-electron chi connectivity index (χ3n) is 18.3. The molecule has 0 radical (unpaired) electrons.